The van der Waals surface area contributed by atoms with Gasteiger partial charge in [0.1, 0.15) is 0 Å². The zero-order valence-electron chi connectivity index (χ0n) is 14.3. The maximum atomic E-state index is 12.8. The van der Waals surface area contributed by atoms with Crippen molar-refractivity contribution < 1.29 is 18.0 Å². The van der Waals surface area contributed by atoms with Crippen molar-refractivity contribution in [3.8, 4) is 0 Å². The van der Waals surface area contributed by atoms with Crippen LogP contribution in [-0.2, 0) is 18.0 Å². The van der Waals surface area contributed by atoms with Gasteiger partial charge in [-0.1, -0.05) is 43.8 Å². The first-order valence-electron chi connectivity index (χ1n) is 7.64. The number of nitrogens with one attached hydrogen (secondary N) is 1. The van der Waals surface area contributed by atoms with Crippen molar-refractivity contribution >= 4 is 23.4 Å². The van der Waals surface area contributed by atoms with Crippen molar-refractivity contribution in [1.82, 2.24) is 14.8 Å². The van der Waals surface area contributed by atoms with Gasteiger partial charge in [0.15, 0.2) is 5.16 Å². The number of para-hydroxylation sites is 1. The highest BCUT2D eigenvalue weighted by molar-refractivity contribution is 8.00. The number of alkyl halides is 3. The molecule has 1 N–H and O–H groups in total. The molecule has 9 heteroatoms. The van der Waals surface area contributed by atoms with Crippen molar-refractivity contribution in [2.24, 2.45) is 7.05 Å². The number of rotatable bonds is 5. The Hall–Kier alpha value is -2.03. The number of nitrogens with zero attached hydrogens (tertiary/aromatic N) is 3. The van der Waals surface area contributed by atoms with Gasteiger partial charge in [0.05, 0.1) is 5.25 Å². The van der Waals surface area contributed by atoms with Crippen LogP contribution in [0.5, 0.6) is 0 Å². The van der Waals surface area contributed by atoms with Gasteiger partial charge >= 0.3 is 6.18 Å². The lowest BCUT2D eigenvalue weighted by molar-refractivity contribution is -0.147. The maximum Gasteiger partial charge on any atom is 0.451 e. The minimum atomic E-state index is -4.58. The molecular formula is C16H19F3N4OS. The number of anilines is 1. The Morgan fingerprint density at radius 1 is 1.20 bits per heavy atom. The maximum absolute atomic E-state index is 12.8. The molecule has 25 heavy (non-hydrogen) atoms. The molecule has 0 unspecified atom stereocenters. The molecule has 0 spiro atoms. The fourth-order valence-corrected chi connectivity index (χ4v) is 3.04. The van der Waals surface area contributed by atoms with Crippen LogP contribution in [0, 0.1) is 0 Å². The van der Waals surface area contributed by atoms with E-state index in [2.05, 4.69) is 15.5 Å². The van der Waals surface area contributed by atoms with Crippen LogP contribution in [0.25, 0.3) is 0 Å². The van der Waals surface area contributed by atoms with Gasteiger partial charge in [-0.25, -0.2) is 0 Å². The molecule has 0 saturated heterocycles. The van der Waals surface area contributed by atoms with Gasteiger partial charge in [0, 0.05) is 12.7 Å². The van der Waals surface area contributed by atoms with Gasteiger partial charge in [-0.15, -0.1) is 10.2 Å². The second kappa shape index (κ2) is 7.47. The lowest BCUT2D eigenvalue weighted by Gasteiger charge is -2.16. The van der Waals surface area contributed by atoms with Crippen LogP contribution in [0.2, 0.25) is 0 Å². The zero-order valence-corrected chi connectivity index (χ0v) is 15.1. The highest BCUT2D eigenvalue weighted by Crippen LogP contribution is 2.31. The third-order valence-electron chi connectivity index (χ3n) is 3.58. The molecule has 1 heterocycles. The Bertz CT molecular complexity index is 758. The summed E-state index contributed by atoms with van der Waals surface area (Å²) in [5, 5.41) is 8.92. The first kappa shape index (κ1) is 19.3. The summed E-state index contributed by atoms with van der Waals surface area (Å²) in [5.74, 6) is -1.17. The normalized spacial score (nSPS) is 13.1. The number of aromatic nitrogens is 3. The summed E-state index contributed by atoms with van der Waals surface area (Å²) in [6.45, 7) is 5.64. The number of carbonyl (C=O) groups is 1. The van der Waals surface area contributed by atoms with Crippen molar-refractivity contribution in [3.63, 3.8) is 0 Å². The van der Waals surface area contributed by atoms with Crippen LogP contribution < -0.4 is 5.32 Å². The van der Waals surface area contributed by atoms with Gasteiger partial charge in [-0.2, -0.15) is 13.2 Å². The topological polar surface area (TPSA) is 59.8 Å². The first-order chi connectivity index (χ1) is 11.6. The highest BCUT2D eigenvalue weighted by atomic mass is 32.2. The second-order valence-corrected chi connectivity index (χ2v) is 7.16. The molecule has 0 fully saturated rings. The molecular weight excluding hydrogens is 353 g/mol. The molecule has 0 aliphatic heterocycles. The van der Waals surface area contributed by atoms with E-state index in [1.807, 2.05) is 32.0 Å². The molecule has 136 valence electrons. The van der Waals surface area contributed by atoms with Crippen LogP contribution in [0.3, 0.4) is 0 Å². The van der Waals surface area contributed by atoms with Crippen LogP contribution >= 0.6 is 11.8 Å². The minimum absolute atomic E-state index is 0.0344. The lowest BCUT2D eigenvalue weighted by Crippen LogP contribution is -2.23. The number of halogens is 3. The van der Waals surface area contributed by atoms with Crippen LogP contribution in [-0.4, -0.2) is 25.9 Å². The lowest BCUT2D eigenvalue weighted by atomic mass is 10.0. The fraction of sp³-hybridized carbons (Fsp3) is 0.438. The summed E-state index contributed by atoms with van der Waals surface area (Å²) < 4.78 is 39.1. The van der Waals surface area contributed by atoms with Gasteiger partial charge in [-0.3, -0.25) is 4.79 Å². The summed E-state index contributed by atoms with van der Waals surface area (Å²) in [5.41, 5.74) is 1.69. The third kappa shape index (κ3) is 4.53. The molecule has 1 amide bonds. The summed E-state index contributed by atoms with van der Waals surface area (Å²) in [6, 6.07) is 7.43. The zero-order chi connectivity index (χ0) is 18.8. The number of thioether (sulfide) groups is 1. The second-order valence-electron chi connectivity index (χ2n) is 5.85. The Morgan fingerprint density at radius 3 is 2.40 bits per heavy atom. The van der Waals surface area contributed by atoms with E-state index in [0.717, 1.165) is 21.9 Å². The quantitative estimate of drug-likeness (QED) is 0.804. The monoisotopic (exact) mass is 372 g/mol. The molecule has 2 rings (SSSR count). The van der Waals surface area contributed by atoms with E-state index in [1.54, 1.807) is 13.0 Å². The molecule has 1 atom stereocenters. The molecule has 0 radical (unpaired) electrons. The number of hydrogen-bond acceptors (Lipinski definition) is 4. The molecule has 0 aliphatic carbocycles. The highest BCUT2D eigenvalue weighted by Gasteiger charge is 2.37. The molecule has 5 nitrogen and oxygen atoms in total. The van der Waals surface area contributed by atoms with Crippen LogP contribution in [0.4, 0.5) is 18.9 Å². The number of carbonyl (C=O) groups excluding carboxylic acids is 1. The summed E-state index contributed by atoms with van der Waals surface area (Å²) in [7, 11) is 1.23. The third-order valence-corrected chi connectivity index (χ3v) is 4.71. The van der Waals surface area contributed by atoms with Crippen molar-refractivity contribution in [1.29, 1.82) is 0 Å². The molecule has 0 saturated carbocycles. The van der Waals surface area contributed by atoms with Gasteiger partial charge in [0.2, 0.25) is 11.7 Å². The van der Waals surface area contributed by atoms with Crippen molar-refractivity contribution in [3.05, 3.63) is 35.7 Å². The standard InChI is InChI=1S/C16H19F3N4OS/c1-9(2)11-7-5-6-8-12(11)20-13(24)10(3)25-15-22-21-14(23(15)4)16(17,18)19/h5-10H,1-4H3,(H,20,24)/t10-/m0/s1. The molecule has 0 bridgehead atoms. The fourth-order valence-electron chi connectivity index (χ4n) is 2.22. The number of amides is 1. The van der Waals surface area contributed by atoms with E-state index in [4.69, 9.17) is 0 Å². The van der Waals surface area contributed by atoms with Gasteiger partial charge < -0.3 is 9.88 Å². The largest absolute Gasteiger partial charge is 0.451 e. The molecule has 1 aromatic carbocycles. The Morgan fingerprint density at radius 2 is 1.84 bits per heavy atom. The van der Waals surface area contributed by atoms with Crippen LogP contribution in [0.15, 0.2) is 29.4 Å². The smallest absolute Gasteiger partial charge is 0.325 e. The SMILES string of the molecule is CC(C)c1ccccc1NC(=O)[C@H](C)Sc1nnc(C(F)(F)F)n1C. The number of benzene rings is 1. The predicted molar refractivity (Wildman–Crippen MR) is 90.5 cm³/mol. The van der Waals surface area contributed by atoms with Gasteiger partial charge in [0.25, 0.3) is 0 Å². The summed E-state index contributed by atoms with van der Waals surface area (Å²) in [6.07, 6.45) is -4.58. The van der Waals surface area contributed by atoms with E-state index in [9.17, 15) is 18.0 Å². The minimum Gasteiger partial charge on any atom is -0.325 e. The summed E-state index contributed by atoms with van der Waals surface area (Å²) >= 11 is 0.926. The van der Waals surface area contributed by atoms with E-state index in [-0.39, 0.29) is 17.0 Å². The van der Waals surface area contributed by atoms with E-state index < -0.39 is 17.3 Å². The summed E-state index contributed by atoms with van der Waals surface area (Å²) in [4.78, 5) is 12.4. The van der Waals surface area contributed by atoms with E-state index in [0.29, 0.717) is 5.69 Å². The van der Waals surface area contributed by atoms with Crippen molar-refractivity contribution in [2.75, 3.05) is 5.32 Å². The van der Waals surface area contributed by atoms with Crippen LogP contribution in [0.1, 0.15) is 38.1 Å². The predicted octanol–water partition coefficient (Wildman–Crippen LogP) is 4.08. The Balaban J connectivity index is 2.11. The Labute approximate surface area is 148 Å². The van der Waals surface area contributed by atoms with Gasteiger partial charge in [-0.05, 0) is 24.5 Å². The number of hydrogen-bond donors (Lipinski definition) is 1. The van der Waals surface area contributed by atoms with E-state index >= 15 is 0 Å². The molecule has 2 aromatic rings. The van der Waals surface area contributed by atoms with E-state index in [1.165, 1.54) is 7.05 Å². The average Bonchev–Trinajstić information content (AvgIpc) is 2.88. The molecule has 1 aromatic heterocycles. The average molecular weight is 372 g/mol. The van der Waals surface area contributed by atoms with Crippen molar-refractivity contribution in [2.45, 2.75) is 43.3 Å². The molecule has 0 aliphatic rings. The Kier molecular flexibility index (Phi) is 5.76. The first-order valence-corrected chi connectivity index (χ1v) is 8.52.